The second kappa shape index (κ2) is 8.19. The Kier molecular flexibility index (Phi) is 5.43. The largest absolute Gasteiger partial charge is 0.332 e. The van der Waals surface area contributed by atoms with E-state index in [0.717, 1.165) is 4.57 Å². The van der Waals surface area contributed by atoms with Gasteiger partial charge in [-0.05, 0) is 12.1 Å². The molecule has 0 spiro atoms. The van der Waals surface area contributed by atoms with Crippen LogP contribution in [0.1, 0.15) is 11.1 Å². The standard InChI is InChI=1S/C21H18ClFN6O2/c1-27-18-17(19(30)28(2)21(27)31)29(12-14-8-4-6-10-16(14)23)20(25-18)26-24-11-13-7-3-5-9-15(13)22/h3-11H,12H2,1-2H3,(H,25,26)/b24-11+. The van der Waals surface area contributed by atoms with E-state index in [1.165, 1.54) is 35.5 Å². The molecule has 0 saturated heterocycles. The quantitative estimate of drug-likeness (QED) is 0.382. The van der Waals surface area contributed by atoms with E-state index >= 15 is 0 Å². The molecule has 31 heavy (non-hydrogen) atoms. The van der Waals surface area contributed by atoms with Crippen LogP contribution in [0.2, 0.25) is 5.02 Å². The number of benzene rings is 2. The van der Waals surface area contributed by atoms with Gasteiger partial charge in [0.15, 0.2) is 11.2 Å². The number of rotatable bonds is 5. The second-order valence-corrected chi connectivity index (χ2v) is 7.29. The van der Waals surface area contributed by atoms with Gasteiger partial charge in [-0.3, -0.25) is 18.5 Å². The molecule has 0 aliphatic carbocycles. The molecule has 2 aromatic heterocycles. The predicted molar refractivity (Wildman–Crippen MR) is 118 cm³/mol. The molecule has 0 bridgehead atoms. The Morgan fingerprint density at radius 3 is 2.55 bits per heavy atom. The van der Waals surface area contributed by atoms with Crippen LogP contribution in [0.3, 0.4) is 0 Å². The average molecular weight is 441 g/mol. The number of aromatic nitrogens is 4. The number of nitrogens with one attached hydrogen (secondary N) is 1. The highest BCUT2D eigenvalue weighted by atomic mass is 35.5. The summed E-state index contributed by atoms with van der Waals surface area (Å²) in [5.74, 6) is -0.239. The lowest BCUT2D eigenvalue weighted by atomic mass is 10.2. The van der Waals surface area contributed by atoms with Crippen LogP contribution in [0.5, 0.6) is 0 Å². The molecule has 0 aliphatic heterocycles. The molecule has 0 amide bonds. The van der Waals surface area contributed by atoms with Crippen molar-refractivity contribution in [3.63, 3.8) is 0 Å². The number of nitrogens with zero attached hydrogens (tertiary/aromatic N) is 5. The fraction of sp³-hybridized carbons (Fsp3) is 0.143. The number of anilines is 1. The summed E-state index contributed by atoms with van der Waals surface area (Å²) < 4.78 is 18.1. The van der Waals surface area contributed by atoms with Crippen LogP contribution in [0, 0.1) is 5.82 Å². The Balaban J connectivity index is 1.85. The molecule has 4 aromatic rings. The molecule has 1 N–H and O–H groups in total. The first-order valence-electron chi connectivity index (χ1n) is 9.31. The molecule has 0 saturated carbocycles. The third-order valence-electron chi connectivity index (χ3n) is 4.91. The summed E-state index contributed by atoms with van der Waals surface area (Å²) >= 11 is 6.14. The SMILES string of the molecule is Cn1c(=O)c2c(nc(N/N=C/c3ccccc3Cl)n2Cc2ccccc2F)n(C)c1=O. The lowest BCUT2D eigenvalue weighted by molar-refractivity contribution is 0.601. The van der Waals surface area contributed by atoms with Gasteiger partial charge >= 0.3 is 5.69 Å². The van der Waals surface area contributed by atoms with E-state index < -0.39 is 17.1 Å². The summed E-state index contributed by atoms with van der Waals surface area (Å²) in [5, 5.41) is 4.68. The molecule has 0 radical (unpaired) electrons. The number of halogens is 2. The molecule has 2 aromatic carbocycles. The van der Waals surface area contributed by atoms with E-state index in [1.807, 2.05) is 6.07 Å². The Labute approximate surface area is 180 Å². The minimum atomic E-state index is -0.537. The van der Waals surface area contributed by atoms with Crippen LogP contribution in [0.15, 0.2) is 63.2 Å². The topological polar surface area (TPSA) is 86.2 Å². The molecule has 0 unspecified atom stereocenters. The van der Waals surface area contributed by atoms with Crippen LogP contribution in [0.25, 0.3) is 11.2 Å². The molecule has 8 nitrogen and oxygen atoms in total. The van der Waals surface area contributed by atoms with Gasteiger partial charge in [-0.15, -0.1) is 0 Å². The van der Waals surface area contributed by atoms with Gasteiger partial charge in [0.2, 0.25) is 5.95 Å². The fourth-order valence-electron chi connectivity index (χ4n) is 3.22. The number of fused-ring (bicyclic) bond motifs is 1. The Bertz CT molecular complexity index is 1440. The van der Waals surface area contributed by atoms with Gasteiger partial charge in [0.25, 0.3) is 5.56 Å². The zero-order chi connectivity index (χ0) is 22.1. The minimum absolute atomic E-state index is 0.0144. The molecule has 0 fully saturated rings. The highest BCUT2D eigenvalue weighted by Crippen LogP contribution is 2.19. The number of hydrazone groups is 1. The predicted octanol–water partition coefficient (Wildman–Crippen LogP) is 2.72. The monoisotopic (exact) mass is 440 g/mol. The smallest absolute Gasteiger partial charge is 0.298 e. The van der Waals surface area contributed by atoms with Crippen LogP contribution >= 0.6 is 11.6 Å². The number of hydrogen-bond donors (Lipinski definition) is 1. The van der Waals surface area contributed by atoms with E-state index in [9.17, 15) is 14.0 Å². The third-order valence-corrected chi connectivity index (χ3v) is 5.25. The van der Waals surface area contributed by atoms with Gasteiger partial charge in [0.05, 0.1) is 12.8 Å². The maximum absolute atomic E-state index is 14.3. The van der Waals surface area contributed by atoms with Crippen LogP contribution in [0.4, 0.5) is 10.3 Å². The van der Waals surface area contributed by atoms with Gasteiger partial charge in [-0.2, -0.15) is 10.1 Å². The van der Waals surface area contributed by atoms with Crippen LogP contribution < -0.4 is 16.7 Å². The Morgan fingerprint density at radius 2 is 1.81 bits per heavy atom. The molecule has 2 heterocycles. The summed E-state index contributed by atoms with van der Waals surface area (Å²) in [6.45, 7) is 0.0144. The molecular weight excluding hydrogens is 423 g/mol. The van der Waals surface area contributed by atoms with Crippen molar-refractivity contribution in [3.8, 4) is 0 Å². The van der Waals surface area contributed by atoms with Crippen molar-refractivity contribution in [1.29, 1.82) is 0 Å². The summed E-state index contributed by atoms with van der Waals surface area (Å²) in [6.07, 6.45) is 1.51. The molecular formula is C21H18ClFN6O2. The lowest BCUT2D eigenvalue weighted by Gasteiger charge is -2.10. The molecule has 0 atom stereocenters. The highest BCUT2D eigenvalue weighted by Gasteiger charge is 2.20. The zero-order valence-corrected chi connectivity index (χ0v) is 17.5. The van der Waals surface area contributed by atoms with E-state index in [4.69, 9.17) is 11.6 Å². The van der Waals surface area contributed by atoms with E-state index in [2.05, 4.69) is 15.5 Å². The zero-order valence-electron chi connectivity index (χ0n) is 16.7. The Hall–Kier alpha value is -3.72. The first-order valence-corrected chi connectivity index (χ1v) is 9.69. The van der Waals surface area contributed by atoms with Gasteiger partial charge in [-0.25, -0.2) is 14.6 Å². The van der Waals surface area contributed by atoms with Crippen molar-refractivity contribution in [2.75, 3.05) is 5.43 Å². The maximum atomic E-state index is 14.3. The van der Waals surface area contributed by atoms with Gasteiger partial charge in [0, 0.05) is 30.2 Å². The average Bonchev–Trinajstić information content (AvgIpc) is 3.12. The second-order valence-electron chi connectivity index (χ2n) is 6.88. The normalized spacial score (nSPS) is 11.5. The first-order chi connectivity index (χ1) is 14.9. The molecule has 4 rings (SSSR count). The van der Waals surface area contributed by atoms with Gasteiger partial charge < -0.3 is 0 Å². The summed E-state index contributed by atoms with van der Waals surface area (Å²) in [6, 6.07) is 13.4. The van der Waals surface area contributed by atoms with Crippen molar-refractivity contribution in [3.05, 3.63) is 91.3 Å². The Morgan fingerprint density at radius 1 is 1.10 bits per heavy atom. The number of hydrogen-bond acceptors (Lipinski definition) is 5. The van der Waals surface area contributed by atoms with Crippen LogP contribution in [-0.2, 0) is 20.6 Å². The van der Waals surface area contributed by atoms with E-state index in [1.54, 1.807) is 36.4 Å². The maximum Gasteiger partial charge on any atom is 0.332 e. The number of imidazole rings is 1. The van der Waals surface area contributed by atoms with E-state index in [-0.39, 0.29) is 23.7 Å². The third kappa shape index (κ3) is 3.75. The molecule has 10 heteroatoms. The summed E-state index contributed by atoms with van der Waals surface area (Å²) in [5.41, 5.74) is 3.09. The van der Waals surface area contributed by atoms with Crippen molar-refractivity contribution >= 4 is 34.9 Å². The van der Waals surface area contributed by atoms with Gasteiger partial charge in [0.1, 0.15) is 5.82 Å². The van der Waals surface area contributed by atoms with Crippen LogP contribution in [-0.4, -0.2) is 24.9 Å². The van der Waals surface area contributed by atoms with Crippen molar-refractivity contribution < 1.29 is 4.39 Å². The van der Waals surface area contributed by atoms with E-state index in [0.29, 0.717) is 16.1 Å². The summed E-state index contributed by atoms with van der Waals surface area (Å²) in [7, 11) is 2.90. The first kappa shape index (κ1) is 20.5. The highest BCUT2D eigenvalue weighted by molar-refractivity contribution is 6.33. The fourth-order valence-corrected chi connectivity index (χ4v) is 3.41. The molecule has 0 aliphatic rings. The van der Waals surface area contributed by atoms with Crippen molar-refractivity contribution in [2.45, 2.75) is 6.54 Å². The van der Waals surface area contributed by atoms with Gasteiger partial charge in [-0.1, -0.05) is 48.0 Å². The summed E-state index contributed by atoms with van der Waals surface area (Å²) in [4.78, 5) is 29.6. The minimum Gasteiger partial charge on any atom is -0.298 e. The lowest BCUT2D eigenvalue weighted by Crippen LogP contribution is -2.37. The van der Waals surface area contributed by atoms with Crippen molar-refractivity contribution in [2.24, 2.45) is 19.2 Å². The molecule has 158 valence electrons. The number of aryl methyl sites for hydroxylation is 1. The van der Waals surface area contributed by atoms with Crippen molar-refractivity contribution in [1.82, 2.24) is 18.7 Å².